The monoisotopic (exact) mass is 321 g/mol. The zero-order valence-electron chi connectivity index (χ0n) is 10.8. The lowest BCUT2D eigenvalue weighted by Crippen LogP contribution is -2.33. The second kappa shape index (κ2) is 8.00. The lowest BCUT2D eigenvalue weighted by molar-refractivity contribution is -0.124. The van der Waals surface area contributed by atoms with Crippen molar-refractivity contribution >= 4 is 40.9 Å². The van der Waals surface area contributed by atoms with Gasteiger partial charge in [-0.15, -0.1) is 0 Å². The van der Waals surface area contributed by atoms with Crippen molar-refractivity contribution in [2.75, 3.05) is 18.6 Å². The molecule has 106 valence electrons. The van der Waals surface area contributed by atoms with Crippen molar-refractivity contribution in [1.82, 2.24) is 5.32 Å². The fourth-order valence-corrected chi connectivity index (χ4v) is 2.93. The van der Waals surface area contributed by atoms with Crippen molar-refractivity contribution in [1.29, 1.82) is 0 Å². The molecule has 0 spiro atoms. The van der Waals surface area contributed by atoms with E-state index in [4.69, 9.17) is 23.2 Å². The minimum atomic E-state index is -0.911. The van der Waals surface area contributed by atoms with Crippen molar-refractivity contribution in [3.05, 3.63) is 33.8 Å². The molecule has 1 amide bonds. The first-order valence-electron chi connectivity index (χ1n) is 5.86. The number of hydrogen-bond acceptors (Lipinski definition) is 3. The number of aliphatic hydroxyl groups excluding tert-OH is 1. The molecule has 0 heterocycles. The molecular weight excluding hydrogens is 305 g/mol. The molecule has 0 bridgehead atoms. The summed E-state index contributed by atoms with van der Waals surface area (Å²) in [5, 5.41) is 13.5. The molecule has 6 heteroatoms. The second-order valence-corrected chi connectivity index (χ2v) is 5.98. The minimum absolute atomic E-state index is 0.0865. The summed E-state index contributed by atoms with van der Waals surface area (Å²) in [7, 11) is 0. The van der Waals surface area contributed by atoms with E-state index >= 15 is 0 Å². The van der Waals surface area contributed by atoms with Gasteiger partial charge in [0.05, 0.1) is 6.10 Å². The van der Waals surface area contributed by atoms with E-state index in [9.17, 15) is 9.90 Å². The summed E-state index contributed by atoms with van der Waals surface area (Å²) in [6.07, 6.45) is 1.04. The van der Waals surface area contributed by atoms with Crippen LogP contribution in [0.3, 0.4) is 0 Å². The van der Waals surface area contributed by atoms with Crippen molar-refractivity contribution in [2.24, 2.45) is 5.92 Å². The van der Waals surface area contributed by atoms with Crippen molar-refractivity contribution in [3.8, 4) is 0 Å². The van der Waals surface area contributed by atoms with Crippen LogP contribution in [0.4, 0.5) is 0 Å². The maximum Gasteiger partial charge on any atom is 0.223 e. The molecule has 1 aromatic rings. The Kier molecular flexibility index (Phi) is 7.00. The molecule has 2 N–H and O–H groups in total. The fraction of sp³-hybridized carbons (Fsp3) is 0.462. The third-order valence-electron chi connectivity index (χ3n) is 2.67. The number of rotatable bonds is 6. The highest BCUT2D eigenvalue weighted by Crippen LogP contribution is 2.29. The predicted molar refractivity (Wildman–Crippen MR) is 82.0 cm³/mol. The van der Waals surface area contributed by atoms with Crippen LogP contribution >= 0.6 is 35.0 Å². The molecule has 19 heavy (non-hydrogen) atoms. The van der Waals surface area contributed by atoms with Gasteiger partial charge in [0.15, 0.2) is 0 Å². The van der Waals surface area contributed by atoms with Crippen molar-refractivity contribution < 1.29 is 9.90 Å². The number of benzene rings is 1. The highest BCUT2D eigenvalue weighted by Gasteiger charge is 2.18. The van der Waals surface area contributed by atoms with Crippen molar-refractivity contribution in [3.63, 3.8) is 0 Å². The summed E-state index contributed by atoms with van der Waals surface area (Å²) in [5.74, 6) is 0.565. The number of thioether (sulfide) groups is 1. The Morgan fingerprint density at radius 3 is 2.53 bits per heavy atom. The van der Waals surface area contributed by atoms with E-state index in [1.165, 1.54) is 0 Å². The van der Waals surface area contributed by atoms with E-state index in [-0.39, 0.29) is 18.4 Å². The Bertz CT molecular complexity index is 422. The Hall–Kier alpha value is -0.420. The smallest absolute Gasteiger partial charge is 0.223 e. The standard InChI is InChI=1S/C13H17Cl2NO2S/c1-8(7-19-2)13(18)16-6-11(17)12-9(14)4-3-5-10(12)15/h3-5,8,11,17H,6-7H2,1-2H3,(H,16,18)/t8-,11+/m1/s1. The number of halogens is 2. The van der Waals surface area contributed by atoms with Gasteiger partial charge < -0.3 is 10.4 Å². The van der Waals surface area contributed by atoms with Crippen LogP contribution in [0.1, 0.15) is 18.6 Å². The van der Waals surface area contributed by atoms with E-state index in [2.05, 4.69) is 5.32 Å². The molecule has 1 aromatic carbocycles. The molecule has 0 aliphatic carbocycles. The molecule has 2 atom stereocenters. The predicted octanol–water partition coefficient (Wildman–Crippen LogP) is 3.14. The van der Waals surface area contributed by atoms with Gasteiger partial charge in [0.1, 0.15) is 0 Å². The van der Waals surface area contributed by atoms with Crippen LogP contribution in [0.15, 0.2) is 18.2 Å². The van der Waals surface area contributed by atoms with Gasteiger partial charge in [0.2, 0.25) is 5.91 Å². The van der Waals surface area contributed by atoms with Gasteiger partial charge in [0.25, 0.3) is 0 Å². The number of aliphatic hydroxyl groups is 1. The summed E-state index contributed by atoms with van der Waals surface area (Å²) in [6, 6.07) is 5.02. The molecule has 0 aliphatic heterocycles. The van der Waals surface area contributed by atoms with E-state index in [1.54, 1.807) is 30.0 Å². The van der Waals surface area contributed by atoms with Crippen molar-refractivity contribution in [2.45, 2.75) is 13.0 Å². The first kappa shape index (κ1) is 16.6. The number of amides is 1. The van der Waals surface area contributed by atoms with Crippen LogP contribution in [-0.4, -0.2) is 29.6 Å². The van der Waals surface area contributed by atoms with Crippen LogP contribution in [0.2, 0.25) is 10.0 Å². The molecule has 3 nitrogen and oxygen atoms in total. The zero-order valence-corrected chi connectivity index (χ0v) is 13.1. The summed E-state index contributed by atoms with van der Waals surface area (Å²) in [4.78, 5) is 11.7. The molecular formula is C13H17Cl2NO2S. The highest BCUT2D eigenvalue weighted by atomic mass is 35.5. The molecule has 0 fully saturated rings. The average molecular weight is 322 g/mol. The Morgan fingerprint density at radius 1 is 1.42 bits per heavy atom. The number of hydrogen-bond donors (Lipinski definition) is 2. The Morgan fingerprint density at radius 2 is 2.00 bits per heavy atom. The first-order chi connectivity index (χ1) is 8.97. The molecule has 0 aliphatic rings. The number of nitrogens with one attached hydrogen (secondary N) is 1. The van der Waals surface area contributed by atoms with E-state index in [1.807, 2.05) is 13.2 Å². The topological polar surface area (TPSA) is 49.3 Å². The summed E-state index contributed by atoms with van der Waals surface area (Å²) < 4.78 is 0. The lowest BCUT2D eigenvalue weighted by atomic mass is 10.1. The molecule has 0 aromatic heterocycles. The van der Waals surface area contributed by atoms with Crippen LogP contribution in [0, 0.1) is 5.92 Å². The number of carbonyl (C=O) groups is 1. The van der Waals surface area contributed by atoms with Gasteiger partial charge >= 0.3 is 0 Å². The van der Waals surface area contributed by atoms with Gasteiger partial charge in [-0.05, 0) is 18.4 Å². The maximum absolute atomic E-state index is 11.7. The third kappa shape index (κ3) is 4.88. The minimum Gasteiger partial charge on any atom is -0.386 e. The zero-order chi connectivity index (χ0) is 14.4. The molecule has 0 saturated heterocycles. The third-order valence-corrected chi connectivity index (χ3v) is 4.16. The summed E-state index contributed by atoms with van der Waals surface area (Å²) >= 11 is 13.6. The molecule has 0 saturated carbocycles. The van der Waals surface area contributed by atoms with Gasteiger partial charge in [-0.2, -0.15) is 11.8 Å². The van der Waals surface area contributed by atoms with Gasteiger partial charge in [-0.3, -0.25) is 4.79 Å². The average Bonchev–Trinajstić information content (AvgIpc) is 2.36. The van der Waals surface area contributed by atoms with Crippen LogP contribution < -0.4 is 5.32 Å². The number of carbonyl (C=O) groups excluding carboxylic acids is 1. The highest BCUT2D eigenvalue weighted by molar-refractivity contribution is 7.98. The normalized spacial score (nSPS) is 13.9. The molecule has 1 rings (SSSR count). The van der Waals surface area contributed by atoms with Crippen LogP contribution in [0.25, 0.3) is 0 Å². The summed E-state index contributed by atoms with van der Waals surface area (Å²) in [5.41, 5.74) is 0.448. The van der Waals surface area contributed by atoms with Gasteiger partial charge in [-0.1, -0.05) is 36.2 Å². The maximum atomic E-state index is 11.7. The molecule has 0 radical (unpaired) electrons. The van der Waals surface area contributed by atoms with E-state index in [0.29, 0.717) is 15.6 Å². The molecule has 0 unspecified atom stereocenters. The largest absolute Gasteiger partial charge is 0.386 e. The first-order valence-corrected chi connectivity index (χ1v) is 8.01. The quantitative estimate of drug-likeness (QED) is 0.846. The van der Waals surface area contributed by atoms with Crippen LogP contribution in [0.5, 0.6) is 0 Å². The Labute approximate surface area is 127 Å². The lowest BCUT2D eigenvalue weighted by Gasteiger charge is -2.17. The van der Waals surface area contributed by atoms with E-state index < -0.39 is 6.10 Å². The summed E-state index contributed by atoms with van der Waals surface area (Å²) in [6.45, 7) is 1.95. The van der Waals surface area contributed by atoms with Crippen LogP contribution in [-0.2, 0) is 4.79 Å². The van der Waals surface area contributed by atoms with Gasteiger partial charge in [0, 0.05) is 33.8 Å². The van der Waals surface area contributed by atoms with E-state index in [0.717, 1.165) is 5.75 Å². The fourth-order valence-electron chi connectivity index (χ4n) is 1.63. The second-order valence-electron chi connectivity index (χ2n) is 4.25. The van der Waals surface area contributed by atoms with Gasteiger partial charge in [-0.25, -0.2) is 0 Å². The Balaban J connectivity index is 2.61. The SMILES string of the molecule is CSC[C@@H](C)C(=O)NC[C@H](O)c1c(Cl)cccc1Cl.